The topological polar surface area (TPSA) is 63.0 Å². The van der Waals surface area contributed by atoms with Crippen LogP contribution < -0.4 is 5.32 Å². The maximum atomic E-state index is 9.92. The Kier molecular flexibility index (Phi) is 3.56. The summed E-state index contributed by atoms with van der Waals surface area (Å²) in [7, 11) is 0. The summed E-state index contributed by atoms with van der Waals surface area (Å²) in [6.45, 7) is 3.72. The van der Waals surface area contributed by atoms with Gasteiger partial charge in [0, 0.05) is 19.1 Å². The highest BCUT2D eigenvalue weighted by molar-refractivity contribution is 4.90. The van der Waals surface area contributed by atoms with Crippen molar-refractivity contribution in [1.29, 1.82) is 0 Å². The monoisotopic (exact) mass is 224 g/mol. The highest BCUT2D eigenvalue weighted by Crippen LogP contribution is 2.30. The average Bonchev–Trinajstić information content (AvgIpc) is 2.73. The summed E-state index contributed by atoms with van der Waals surface area (Å²) in [6.07, 6.45) is 7.32. The molecule has 0 bridgehead atoms. The molecule has 1 aromatic rings. The van der Waals surface area contributed by atoms with Crippen molar-refractivity contribution in [2.45, 2.75) is 50.8 Å². The summed E-state index contributed by atoms with van der Waals surface area (Å²) < 4.78 is 1.83. The normalized spacial score (nSPS) is 20.4. The van der Waals surface area contributed by atoms with E-state index in [0.717, 1.165) is 32.2 Å². The van der Waals surface area contributed by atoms with Crippen LogP contribution in [-0.4, -0.2) is 38.1 Å². The minimum atomic E-state index is -0.429. The lowest BCUT2D eigenvalue weighted by Gasteiger charge is -2.37. The first kappa shape index (κ1) is 11.5. The standard InChI is InChI=1S/C11H20N4O/c1-10(3-6-15-9-12-8-14-15)13-7-11(16)4-2-5-11/h8-10,13,16H,2-7H2,1H3. The first-order valence-electron chi connectivity index (χ1n) is 5.96. The number of nitrogens with zero attached hydrogens (tertiary/aromatic N) is 3. The Morgan fingerprint density at radius 1 is 1.56 bits per heavy atom. The van der Waals surface area contributed by atoms with Gasteiger partial charge in [0.05, 0.1) is 5.60 Å². The van der Waals surface area contributed by atoms with Crippen LogP contribution in [0.4, 0.5) is 0 Å². The molecule has 2 N–H and O–H groups in total. The molecule has 1 aliphatic carbocycles. The van der Waals surface area contributed by atoms with Gasteiger partial charge in [0.25, 0.3) is 0 Å². The second-order valence-corrected chi connectivity index (χ2v) is 4.81. The van der Waals surface area contributed by atoms with E-state index in [1.807, 2.05) is 4.68 Å². The third-order valence-electron chi connectivity index (χ3n) is 3.32. The number of hydrogen-bond donors (Lipinski definition) is 2. The molecule has 1 heterocycles. The Bertz CT molecular complexity index is 308. The predicted molar refractivity (Wildman–Crippen MR) is 60.9 cm³/mol. The van der Waals surface area contributed by atoms with Gasteiger partial charge in [0.1, 0.15) is 12.7 Å². The molecule has 0 radical (unpaired) electrons. The molecule has 0 aliphatic heterocycles. The smallest absolute Gasteiger partial charge is 0.137 e. The van der Waals surface area contributed by atoms with Gasteiger partial charge < -0.3 is 10.4 Å². The van der Waals surface area contributed by atoms with E-state index < -0.39 is 5.60 Å². The molecule has 0 saturated heterocycles. The van der Waals surface area contributed by atoms with Gasteiger partial charge in [-0.3, -0.25) is 4.68 Å². The van der Waals surface area contributed by atoms with Crippen molar-refractivity contribution in [3.8, 4) is 0 Å². The van der Waals surface area contributed by atoms with Gasteiger partial charge in [-0.05, 0) is 32.6 Å². The van der Waals surface area contributed by atoms with Crippen LogP contribution in [-0.2, 0) is 6.54 Å². The largest absolute Gasteiger partial charge is 0.389 e. The molecule has 90 valence electrons. The van der Waals surface area contributed by atoms with E-state index in [9.17, 15) is 5.11 Å². The number of rotatable bonds is 6. The molecule has 0 spiro atoms. The van der Waals surface area contributed by atoms with E-state index in [1.54, 1.807) is 12.7 Å². The molecule has 1 atom stereocenters. The zero-order chi connectivity index (χ0) is 11.4. The fourth-order valence-corrected chi connectivity index (χ4v) is 1.90. The summed E-state index contributed by atoms with van der Waals surface area (Å²) in [5.41, 5.74) is -0.429. The van der Waals surface area contributed by atoms with Crippen molar-refractivity contribution in [3.05, 3.63) is 12.7 Å². The highest BCUT2D eigenvalue weighted by atomic mass is 16.3. The molecule has 5 heteroatoms. The molecule has 1 unspecified atom stereocenters. The Morgan fingerprint density at radius 3 is 2.94 bits per heavy atom. The van der Waals surface area contributed by atoms with Crippen LogP contribution in [0.2, 0.25) is 0 Å². The van der Waals surface area contributed by atoms with Crippen LogP contribution in [0, 0.1) is 0 Å². The lowest BCUT2D eigenvalue weighted by Crippen LogP contribution is -2.48. The summed E-state index contributed by atoms with van der Waals surface area (Å²) in [5.74, 6) is 0. The molecule has 16 heavy (non-hydrogen) atoms. The number of nitrogens with one attached hydrogen (secondary N) is 1. The summed E-state index contributed by atoms with van der Waals surface area (Å²) in [5, 5.41) is 17.3. The maximum Gasteiger partial charge on any atom is 0.137 e. The molecule has 1 aromatic heterocycles. The van der Waals surface area contributed by atoms with Gasteiger partial charge in [-0.15, -0.1) is 0 Å². The van der Waals surface area contributed by atoms with E-state index in [4.69, 9.17) is 0 Å². The molecule has 0 aromatic carbocycles. The van der Waals surface area contributed by atoms with Crippen molar-refractivity contribution < 1.29 is 5.11 Å². The van der Waals surface area contributed by atoms with Crippen molar-refractivity contribution >= 4 is 0 Å². The Morgan fingerprint density at radius 2 is 2.38 bits per heavy atom. The van der Waals surface area contributed by atoms with E-state index in [1.165, 1.54) is 0 Å². The Hall–Kier alpha value is -0.940. The Labute approximate surface area is 95.9 Å². The van der Waals surface area contributed by atoms with Gasteiger partial charge >= 0.3 is 0 Å². The van der Waals surface area contributed by atoms with Crippen LogP contribution >= 0.6 is 0 Å². The van der Waals surface area contributed by atoms with Crippen molar-refractivity contribution in [2.24, 2.45) is 0 Å². The molecule has 5 nitrogen and oxygen atoms in total. The number of hydrogen-bond acceptors (Lipinski definition) is 4. The van der Waals surface area contributed by atoms with Crippen LogP contribution in [0.5, 0.6) is 0 Å². The molecular weight excluding hydrogens is 204 g/mol. The van der Waals surface area contributed by atoms with E-state index >= 15 is 0 Å². The van der Waals surface area contributed by atoms with E-state index in [-0.39, 0.29) is 0 Å². The summed E-state index contributed by atoms with van der Waals surface area (Å²) in [6, 6.07) is 0.397. The van der Waals surface area contributed by atoms with Gasteiger partial charge in [-0.1, -0.05) is 0 Å². The zero-order valence-corrected chi connectivity index (χ0v) is 9.76. The third-order valence-corrected chi connectivity index (χ3v) is 3.32. The third kappa shape index (κ3) is 3.02. The van der Waals surface area contributed by atoms with Crippen molar-refractivity contribution in [1.82, 2.24) is 20.1 Å². The van der Waals surface area contributed by atoms with Gasteiger partial charge in [-0.25, -0.2) is 4.98 Å². The molecular formula is C11H20N4O. The van der Waals surface area contributed by atoms with Crippen molar-refractivity contribution in [3.63, 3.8) is 0 Å². The number of aryl methyl sites for hydroxylation is 1. The fraction of sp³-hybridized carbons (Fsp3) is 0.818. The molecule has 2 rings (SSSR count). The van der Waals surface area contributed by atoms with E-state index in [2.05, 4.69) is 22.3 Å². The second kappa shape index (κ2) is 4.93. The Balaban J connectivity index is 1.62. The summed E-state index contributed by atoms with van der Waals surface area (Å²) in [4.78, 5) is 3.90. The lowest BCUT2D eigenvalue weighted by molar-refractivity contribution is -0.0330. The van der Waals surface area contributed by atoms with Gasteiger partial charge in [0.2, 0.25) is 0 Å². The molecule has 1 aliphatic rings. The predicted octanol–water partition coefficient (Wildman–Crippen LogP) is 0.561. The lowest BCUT2D eigenvalue weighted by atomic mass is 9.80. The minimum absolute atomic E-state index is 0.397. The minimum Gasteiger partial charge on any atom is -0.389 e. The zero-order valence-electron chi connectivity index (χ0n) is 9.76. The first-order chi connectivity index (χ1) is 7.68. The quantitative estimate of drug-likeness (QED) is 0.741. The SMILES string of the molecule is CC(CCn1cncn1)NCC1(O)CCC1. The van der Waals surface area contributed by atoms with Gasteiger partial charge in [0.15, 0.2) is 0 Å². The number of aromatic nitrogens is 3. The number of aliphatic hydroxyl groups is 1. The molecule has 1 fully saturated rings. The maximum absolute atomic E-state index is 9.92. The van der Waals surface area contributed by atoms with Crippen molar-refractivity contribution in [2.75, 3.05) is 6.54 Å². The van der Waals surface area contributed by atoms with Crippen LogP contribution in [0.1, 0.15) is 32.6 Å². The summed E-state index contributed by atoms with van der Waals surface area (Å²) >= 11 is 0. The highest BCUT2D eigenvalue weighted by Gasteiger charge is 2.33. The van der Waals surface area contributed by atoms with E-state index in [0.29, 0.717) is 12.6 Å². The average molecular weight is 224 g/mol. The van der Waals surface area contributed by atoms with Crippen LogP contribution in [0.25, 0.3) is 0 Å². The second-order valence-electron chi connectivity index (χ2n) is 4.81. The van der Waals surface area contributed by atoms with Crippen LogP contribution in [0.15, 0.2) is 12.7 Å². The first-order valence-corrected chi connectivity index (χ1v) is 5.96. The molecule has 1 saturated carbocycles. The molecule has 0 amide bonds. The fourth-order valence-electron chi connectivity index (χ4n) is 1.90. The van der Waals surface area contributed by atoms with Gasteiger partial charge in [-0.2, -0.15) is 5.10 Å². The van der Waals surface area contributed by atoms with Crippen LogP contribution in [0.3, 0.4) is 0 Å².